The first-order valence-corrected chi connectivity index (χ1v) is 3.97. The van der Waals surface area contributed by atoms with Crippen LogP contribution in [0.5, 0.6) is 0 Å². The zero-order valence-corrected chi connectivity index (χ0v) is 7.05. The van der Waals surface area contributed by atoms with E-state index in [4.69, 9.17) is 10.5 Å². The van der Waals surface area contributed by atoms with Gasteiger partial charge >= 0.3 is 0 Å². The van der Waals surface area contributed by atoms with E-state index in [2.05, 4.69) is 13.8 Å². The first-order valence-electron chi connectivity index (χ1n) is 3.97. The molecule has 1 saturated heterocycles. The van der Waals surface area contributed by atoms with Gasteiger partial charge in [0.05, 0.1) is 12.7 Å². The molecule has 0 spiro atoms. The smallest absolute Gasteiger partial charge is 0.0704 e. The largest absolute Gasteiger partial charge is 0.376 e. The summed E-state index contributed by atoms with van der Waals surface area (Å²) in [5, 5.41) is 0. The molecule has 60 valence electrons. The zero-order chi connectivity index (χ0) is 7.78. The second-order valence-electron chi connectivity index (χ2n) is 3.55. The van der Waals surface area contributed by atoms with Crippen molar-refractivity contribution in [1.82, 2.24) is 0 Å². The van der Waals surface area contributed by atoms with Gasteiger partial charge in [0.1, 0.15) is 0 Å². The van der Waals surface area contributed by atoms with Crippen molar-refractivity contribution in [3.63, 3.8) is 0 Å². The van der Waals surface area contributed by atoms with Crippen LogP contribution in [0.4, 0.5) is 0 Å². The monoisotopic (exact) mass is 143 g/mol. The lowest BCUT2D eigenvalue weighted by atomic mass is 9.81. The van der Waals surface area contributed by atoms with Crippen LogP contribution in [0.15, 0.2) is 0 Å². The summed E-state index contributed by atoms with van der Waals surface area (Å²) in [7, 11) is 0. The molecule has 1 heterocycles. The molecule has 0 aromatic heterocycles. The molecule has 1 unspecified atom stereocenters. The summed E-state index contributed by atoms with van der Waals surface area (Å²) in [4.78, 5) is 0. The van der Waals surface area contributed by atoms with Crippen LogP contribution < -0.4 is 5.73 Å². The second kappa shape index (κ2) is 2.51. The molecule has 0 amide bonds. The van der Waals surface area contributed by atoms with Gasteiger partial charge < -0.3 is 10.5 Å². The molecule has 1 rings (SSSR count). The summed E-state index contributed by atoms with van der Waals surface area (Å²) in [5.41, 5.74) is 6.16. The molecule has 0 aromatic rings. The predicted octanol–water partition coefficient (Wildman–Crippen LogP) is 1.15. The third-order valence-electron chi connectivity index (χ3n) is 2.79. The van der Waals surface area contributed by atoms with E-state index >= 15 is 0 Å². The van der Waals surface area contributed by atoms with Crippen molar-refractivity contribution in [2.45, 2.75) is 39.3 Å². The van der Waals surface area contributed by atoms with E-state index in [1.165, 1.54) is 0 Å². The number of hydrogen-bond donors (Lipinski definition) is 1. The highest BCUT2D eigenvalue weighted by atomic mass is 16.5. The van der Waals surface area contributed by atoms with Gasteiger partial charge in [-0.05, 0) is 13.3 Å². The molecule has 0 radical (unpaired) electrons. The maximum absolute atomic E-state index is 5.94. The van der Waals surface area contributed by atoms with Crippen LogP contribution >= 0.6 is 0 Å². The molecule has 10 heavy (non-hydrogen) atoms. The fraction of sp³-hybridized carbons (Fsp3) is 1.00. The van der Waals surface area contributed by atoms with Gasteiger partial charge in [-0.15, -0.1) is 0 Å². The van der Waals surface area contributed by atoms with Crippen molar-refractivity contribution < 1.29 is 4.74 Å². The van der Waals surface area contributed by atoms with E-state index in [1.807, 2.05) is 6.92 Å². The van der Waals surface area contributed by atoms with E-state index < -0.39 is 0 Å². The number of hydrogen-bond acceptors (Lipinski definition) is 2. The summed E-state index contributed by atoms with van der Waals surface area (Å²) >= 11 is 0. The van der Waals surface area contributed by atoms with E-state index in [0.717, 1.165) is 13.0 Å². The van der Waals surface area contributed by atoms with Crippen molar-refractivity contribution in [3.8, 4) is 0 Å². The third-order valence-corrected chi connectivity index (χ3v) is 2.79. The molecule has 2 N–H and O–H groups in total. The maximum atomic E-state index is 5.94. The van der Waals surface area contributed by atoms with E-state index in [9.17, 15) is 0 Å². The maximum Gasteiger partial charge on any atom is 0.0704 e. The lowest BCUT2D eigenvalue weighted by Gasteiger charge is -2.25. The average Bonchev–Trinajstić information content (AvgIpc) is 2.19. The van der Waals surface area contributed by atoms with Gasteiger partial charge in [0, 0.05) is 11.5 Å². The summed E-state index contributed by atoms with van der Waals surface area (Å²) in [6.07, 6.45) is 1.35. The summed E-state index contributed by atoms with van der Waals surface area (Å²) < 4.78 is 5.45. The predicted molar refractivity (Wildman–Crippen MR) is 41.8 cm³/mol. The highest BCUT2D eigenvalue weighted by Crippen LogP contribution is 2.33. The molecule has 1 aliphatic rings. The zero-order valence-electron chi connectivity index (χ0n) is 7.05. The van der Waals surface area contributed by atoms with Gasteiger partial charge in [0.15, 0.2) is 0 Å². The molecule has 0 saturated carbocycles. The number of nitrogens with two attached hydrogens (primary N) is 1. The van der Waals surface area contributed by atoms with Crippen molar-refractivity contribution in [2.24, 2.45) is 11.1 Å². The minimum atomic E-state index is 0.220. The van der Waals surface area contributed by atoms with Crippen molar-refractivity contribution in [3.05, 3.63) is 0 Å². The highest BCUT2D eigenvalue weighted by Gasteiger charge is 2.40. The van der Waals surface area contributed by atoms with E-state index in [-0.39, 0.29) is 17.6 Å². The van der Waals surface area contributed by atoms with Crippen LogP contribution in [0.3, 0.4) is 0 Å². The quantitative estimate of drug-likeness (QED) is 0.597. The van der Waals surface area contributed by atoms with Crippen LogP contribution in [-0.4, -0.2) is 18.8 Å². The van der Waals surface area contributed by atoms with Crippen molar-refractivity contribution in [2.75, 3.05) is 6.61 Å². The van der Waals surface area contributed by atoms with Crippen LogP contribution in [-0.2, 0) is 4.74 Å². The van der Waals surface area contributed by atoms with Crippen molar-refractivity contribution >= 4 is 0 Å². The summed E-state index contributed by atoms with van der Waals surface area (Å²) in [6, 6.07) is 0.220. The Balaban J connectivity index is 2.64. The van der Waals surface area contributed by atoms with Gasteiger partial charge in [-0.1, -0.05) is 13.8 Å². The lowest BCUT2D eigenvalue weighted by molar-refractivity contribution is 0.106. The molecular formula is C8H17NO. The second-order valence-corrected chi connectivity index (χ2v) is 3.55. The van der Waals surface area contributed by atoms with Gasteiger partial charge in [0.25, 0.3) is 0 Å². The van der Waals surface area contributed by atoms with Crippen molar-refractivity contribution in [1.29, 1.82) is 0 Å². The van der Waals surface area contributed by atoms with Crippen LogP contribution in [0.1, 0.15) is 27.2 Å². The first-order chi connectivity index (χ1) is 4.60. The van der Waals surface area contributed by atoms with Gasteiger partial charge in [-0.25, -0.2) is 0 Å². The fourth-order valence-corrected chi connectivity index (χ4v) is 1.43. The normalized spacial score (nSPS) is 48.0. The van der Waals surface area contributed by atoms with Gasteiger partial charge in [0.2, 0.25) is 0 Å². The van der Waals surface area contributed by atoms with E-state index in [1.54, 1.807) is 0 Å². The highest BCUT2D eigenvalue weighted by molar-refractivity contribution is 4.93. The third kappa shape index (κ3) is 1.06. The molecule has 1 fully saturated rings. The molecular weight excluding hydrogens is 126 g/mol. The summed E-state index contributed by atoms with van der Waals surface area (Å²) in [6.45, 7) is 7.24. The standard InChI is InChI=1S/C8H17NO/c1-4-8(3)5-10-6(2)7(8)9/h6-7H,4-5,9H2,1-3H3/t6-,7+,8?/m0/s1. The molecule has 1 aliphatic heterocycles. The first kappa shape index (κ1) is 8.02. The molecule has 0 aliphatic carbocycles. The molecule has 2 nitrogen and oxygen atoms in total. The van der Waals surface area contributed by atoms with Crippen LogP contribution in [0, 0.1) is 5.41 Å². The number of rotatable bonds is 1. The Morgan fingerprint density at radius 1 is 1.70 bits per heavy atom. The van der Waals surface area contributed by atoms with Crippen LogP contribution in [0.2, 0.25) is 0 Å². The fourth-order valence-electron chi connectivity index (χ4n) is 1.43. The molecule has 0 bridgehead atoms. The van der Waals surface area contributed by atoms with E-state index in [0.29, 0.717) is 0 Å². The Bertz CT molecular complexity index is 126. The molecule has 2 heteroatoms. The van der Waals surface area contributed by atoms with Crippen LogP contribution in [0.25, 0.3) is 0 Å². The SMILES string of the molecule is CCC1(C)CO[C@@H](C)[C@H]1N. The Labute approximate surface area is 62.7 Å². The Kier molecular flexibility index (Phi) is 2.02. The minimum Gasteiger partial charge on any atom is -0.376 e. The topological polar surface area (TPSA) is 35.2 Å². The number of ether oxygens (including phenoxy) is 1. The minimum absolute atomic E-state index is 0.220. The lowest BCUT2D eigenvalue weighted by Crippen LogP contribution is -2.41. The Morgan fingerprint density at radius 3 is 2.50 bits per heavy atom. The Morgan fingerprint density at radius 2 is 2.30 bits per heavy atom. The Hall–Kier alpha value is -0.0800. The van der Waals surface area contributed by atoms with Gasteiger partial charge in [-0.3, -0.25) is 0 Å². The van der Waals surface area contributed by atoms with Gasteiger partial charge in [-0.2, -0.15) is 0 Å². The molecule has 3 atom stereocenters. The summed E-state index contributed by atoms with van der Waals surface area (Å²) in [5.74, 6) is 0. The molecule has 0 aromatic carbocycles. The average molecular weight is 143 g/mol.